The van der Waals surface area contributed by atoms with Crippen molar-refractivity contribution in [1.82, 2.24) is 5.32 Å². The number of aryl methyl sites for hydroxylation is 2. The van der Waals surface area contributed by atoms with Crippen LogP contribution in [0, 0.1) is 0 Å². The first-order valence-electron chi connectivity index (χ1n) is 6.78. The molecule has 1 unspecified atom stereocenters. The molecule has 1 aliphatic rings. The molecule has 1 amide bonds. The van der Waals surface area contributed by atoms with Crippen LogP contribution in [0.2, 0.25) is 0 Å². The van der Waals surface area contributed by atoms with E-state index in [9.17, 15) is 4.79 Å². The number of benzene rings is 1. The standard InChI is InChI=1S/C15H22N2O2/c1-15(17-2,14(16)18)8-9-19-13-7-6-11-4-3-5-12(11)10-13/h6-7,10,17H,3-5,8-9H2,1-2H3,(H2,16,18). The Morgan fingerprint density at radius 3 is 2.84 bits per heavy atom. The molecule has 19 heavy (non-hydrogen) atoms. The van der Waals surface area contributed by atoms with Crippen molar-refractivity contribution in [3.05, 3.63) is 29.3 Å². The van der Waals surface area contributed by atoms with Crippen LogP contribution in [0.15, 0.2) is 18.2 Å². The predicted molar refractivity (Wildman–Crippen MR) is 75.2 cm³/mol. The Bertz CT molecular complexity index is 473. The summed E-state index contributed by atoms with van der Waals surface area (Å²) in [5.74, 6) is 0.524. The molecule has 1 aromatic carbocycles. The van der Waals surface area contributed by atoms with Crippen molar-refractivity contribution < 1.29 is 9.53 Å². The largest absolute Gasteiger partial charge is 0.494 e. The Labute approximate surface area is 114 Å². The van der Waals surface area contributed by atoms with E-state index in [0.29, 0.717) is 13.0 Å². The normalized spacial score (nSPS) is 16.7. The van der Waals surface area contributed by atoms with Crippen LogP contribution < -0.4 is 15.8 Å². The number of hydrogen-bond donors (Lipinski definition) is 2. The lowest BCUT2D eigenvalue weighted by Crippen LogP contribution is -2.52. The molecule has 0 saturated heterocycles. The SMILES string of the molecule is CNC(C)(CCOc1ccc2c(c1)CCC2)C(N)=O. The van der Waals surface area contributed by atoms with Gasteiger partial charge in [0.2, 0.25) is 5.91 Å². The molecule has 104 valence electrons. The number of likely N-dealkylation sites (N-methyl/N-ethyl adjacent to an activating group) is 1. The van der Waals surface area contributed by atoms with Crippen molar-refractivity contribution in [2.75, 3.05) is 13.7 Å². The summed E-state index contributed by atoms with van der Waals surface area (Å²) < 4.78 is 5.73. The summed E-state index contributed by atoms with van der Waals surface area (Å²) in [6, 6.07) is 6.26. The molecule has 0 aliphatic heterocycles. The zero-order valence-electron chi connectivity index (χ0n) is 11.7. The minimum absolute atomic E-state index is 0.354. The number of hydrogen-bond acceptors (Lipinski definition) is 3. The Hall–Kier alpha value is -1.55. The van der Waals surface area contributed by atoms with Gasteiger partial charge in [0.15, 0.2) is 0 Å². The summed E-state index contributed by atoms with van der Waals surface area (Å²) in [6.45, 7) is 2.26. The molecule has 4 nitrogen and oxygen atoms in total. The molecular weight excluding hydrogens is 240 g/mol. The fraction of sp³-hybridized carbons (Fsp3) is 0.533. The Morgan fingerprint density at radius 2 is 2.16 bits per heavy atom. The van der Waals surface area contributed by atoms with Crippen molar-refractivity contribution in [1.29, 1.82) is 0 Å². The number of rotatable bonds is 6. The number of nitrogens with two attached hydrogens (primary N) is 1. The van der Waals surface area contributed by atoms with Crippen LogP contribution in [0.1, 0.15) is 30.9 Å². The Morgan fingerprint density at radius 1 is 1.42 bits per heavy atom. The second kappa shape index (κ2) is 5.61. The third-order valence-electron chi connectivity index (χ3n) is 4.04. The molecule has 0 saturated carbocycles. The van der Waals surface area contributed by atoms with Gasteiger partial charge in [0.05, 0.1) is 12.1 Å². The van der Waals surface area contributed by atoms with E-state index >= 15 is 0 Å². The highest BCUT2D eigenvalue weighted by Crippen LogP contribution is 2.26. The van der Waals surface area contributed by atoms with E-state index < -0.39 is 5.54 Å². The molecule has 4 heteroatoms. The zero-order chi connectivity index (χ0) is 13.9. The average Bonchev–Trinajstić information content (AvgIpc) is 2.85. The maximum absolute atomic E-state index is 11.4. The van der Waals surface area contributed by atoms with Crippen LogP contribution >= 0.6 is 0 Å². The molecule has 0 bridgehead atoms. The summed E-state index contributed by atoms with van der Waals surface area (Å²) in [5.41, 5.74) is 7.49. The van der Waals surface area contributed by atoms with Crippen molar-refractivity contribution in [2.45, 2.75) is 38.1 Å². The van der Waals surface area contributed by atoms with E-state index in [-0.39, 0.29) is 5.91 Å². The first-order chi connectivity index (χ1) is 9.05. The lowest BCUT2D eigenvalue weighted by Gasteiger charge is -2.25. The van der Waals surface area contributed by atoms with E-state index in [1.54, 1.807) is 14.0 Å². The minimum Gasteiger partial charge on any atom is -0.494 e. The number of ether oxygens (including phenoxy) is 1. The first kappa shape index (κ1) is 13.9. The molecule has 0 spiro atoms. The van der Waals surface area contributed by atoms with Gasteiger partial charge in [-0.25, -0.2) is 0 Å². The summed E-state index contributed by atoms with van der Waals surface area (Å²) in [4.78, 5) is 11.4. The van der Waals surface area contributed by atoms with Gasteiger partial charge in [0.1, 0.15) is 5.75 Å². The monoisotopic (exact) mass is 262 g/mol. The fourth-order valence-corrected chi connectivity index (χ4v) is 2.38. The van der Waals surface area contributed by atoms with Crippen LogP contribution in [0.4, 0.5) is 0 Å². The molecule has 1 aromatic rings. The van der Waals surface area contributed by atoms with Crippen molar-refractivity contribution >= 4 is 5.91 Å². The van der Waals surface area contributed by atoms with Crippen LogP contribution in [0.25, 0.3) is 0 Å². The number of nitrogens with one attached hydrogen (secondary N) is 1. The van der Waals surface area contributed by atoms with Crippen molar-refractivity contribution in [3.63, 3.8) is 0 Å². The third kappa shape index (κ3) is 3.07. The maximum Gasteiger partial charge on any atom is 0.237 e. The van der Waals surface area contributed by atoms with Gasteiger partial charge in [-0.2, -0.15) is 0 Å². The Kier molecular flexibility index (Phi) is 4.10. The zero-order valence-corrected chi connectivity index (χ0v) is 11.7. The summed E-state index contributed by atoms with van der Waals surface area (Å²) >= 11 is 0. The molecule has 3 N–H and O–H groups in total. The Balaban J connectivity index is 1.91. The maximum atomic E-state index is 11.4. The molecule has 2 rings (SSSR count). The third-order valence-corrected chi connectivity index (χ3v) is 4.04. The van der Waals surface area contributed by atoms with Crippen molar-refractivity contribution in [3.8, 4) is 5.75 Å². The molecule has 0 aromatic heterocycles. The van der Waals surface area contributed by atoms with E-state index in [4.69, 9.17) is 10.5 Å². The summed E-state index contributed by atoms with van der Waals surface area (Å²) in [6.07, 6.45) is 4.10. The van der Waals surface area contributed by atoms with E-state index in [2.05, 4.69) is 17.4 Å². The van der Waals surface area contributed by atoms with Crippen LogP contribution in [0.5, 0.6) is 5.75 Å². The lowest BCUT2D eigenvalue weighted by atomic mass is 9.98. The molecular formula is C15H22N2O2. The number of primary amides is 1. The number of carbonyl (C=O) groups excluding carboxylic acids is 1. The van der Waals surface area contributed by atoms with Gasteiger partial charge in [0, 0.05) is 6.42 Å². The van der Waals surface area contributed by atoms with E-state index in [0.717, 1.165) is 12.2 Å². The molecule has 0 heterocycles. The number of amides is 1. The lowest BCUT2D eigenvalue weighted by molar-refractivity contribution is -0.124. The molecule has 1 aliphatic carbocycles. The molecule has 1 atom stereocenters. The topological polar surface area (TPSA) is 64.3 Å². The summed E-state index contributed by atoms with van der Waals surface area (Å²) in [7, 11) is 1.74. The van der Waals surface area contributed by atoms with Gasteiger partial charge in [-0.15, -0.1) is 0 Å². The second-order valence-corrected chi connectivity index (χ2v) is 5.33. The highest BCUT2D eigenvalue weighted by atomic mass is 16.5. The first-order valence-corrected chi connectivity index (χ1v) is 6.78. The average molecular weight is 262 g/mol. The molecule has 0 fully saturated rings. The van der Waals surface area contributed by atoms with Gasteiger partial charge in [-0.05, 0) is 56.5 Å². The fourth-order valence-electron chi connectivity index (χ4n) is 2.38. The molecule has 0 radical (unpaired) electrons. The van der Waals surface area contributed by atoms with Crippen molar-refractivity contribution in [2.24, 2.45) is 5.73 Å². The van der Waals surface area contributed by atoms with Crippen LogP contribution in [0.3, 0.4) is 0 Å². The number of fused-ring (bicyclic) bond motifs is 1. The van der Waals surface area contributed by atoms with Gasteiger partial charge in [-0.1, -0.05) is 6.07 Å². The number of carbonyl (C=O) groups is 1. The van der Waals surface area contributed by atoms with E-state index in [1.165, 1.54) is 24.0 Å². The highest BCUT2D eigenvalue weighted by Gasteiger charge is 2.28. The van der Waals surface area contributed by atoms with Gasteiger partial charge >= 0.3 is 0 Å². The van der Waals surface area contributed by atoms with E-state index in [1.807, 2.05) is 6.07 Å². The second-order valence-electron chi connectivity index (χ2n) is 5.33. The quantitative estimate of drug-likeness (QED) is 0.814. The predicted octanol–water partition coefficient (Wildman–Crippen LogP) is 1.41. The van der Waals surface area contributed by atoms with Gasteiger partial charge in [0.25, 0.3) is 0 Å². The van der Waals surface area contributed by atoms with Gasteiger partial charge < -0.3 is 15.8 Å². The van der Waals surface area contributed by atoms with Crippen LogP contribution in [-0.2, 0) is 17.6 Å². The summed E-state index contributed by atoms with van der Waals surface area (Å²) in [5, 5.41) is 2.95. The smallest absolute Gasteiger partial charge is 0.237 e. The minimum atomic E-state index is -0.712. The van der Waals surface area contributed by atoms with Gasteiger partial charge in [-0.3, -0.25) is 4.79 Å². The van der Waals surface area contributed by atoms with Crippen LogP contribution in [-0.4, -0.2) is 25.1 Å². The highest BCUT2D eigenvalue weighted by molar-refractivity contribution is 5.84.